The minimum absolute atomic E-state index is 0.0552. The molecule has 0 fully saturated rings. The van der Waals surface area contributed by atoms with Gasteiger partial charge in [-0.2, -0.15) is 52.7 Å². The second-order valence-electron chi connectivity index (χ2n) is 8.37. The molecule has 0 atom stereocenters. The molecule has 244 valence electrons. The van der Waals surface area contributed by atoms with Crippen molar-refractivity contribution in [2.75, 3.05) is 45.8 Å². The zero-order chi connectivity index (χ0) is 33.1. The number of alkyl halides is 12. The van der Waals surface area contributed by atoms with Crippen molar-refractivity contribution in [1.82, 2.24) is 20.0 Å². The van der Waals surface area contributed by atoms with Crippen LogP contribution in [0.5, 0.6) is 0 Å². The average molecular weight is 644 g/mol. The molecule has 0 heterocycles. The number of carbonyl (C=O) groups is 5. The first-order valence-corrected chi connectivity index (χ1v) is 11.5. The van der Waals surface area contributed by atoms with Crippen LogP contribution in [-0.2, 0) is 24.0 Å². The summed E-state index contributed by atoms with van der Waals surface area (Å²) in [4.78, 5) is 56.0. The molecule has 0 rings (SSSR count). The van der Waals surface area contributed by atoms with E-state index in [1.54, 1.807) is 0 Å². The van der Waals surface area contributed by atoms with Crippen molar-refractivity contribution in [3.05, 3.63) is 0 Å². The van der Waals surface area contributed by atoms with Gasteiger partial charge in [0.05, 0.1) is 0 Å². The molecule has 0 unspecified atom stereocenters. The van der Waals surface area contributed by atoms with E-state index in [1.807, 2.05) is 0 Å². The number of rotatable bonds is 15. The van der Waals surface area contributed by atoms with Gasteiger partial charge in [-0.1, -0.05) is 0 Å². The van der Waals surface area contributed by atoms with Crippen LogP contribution in [0, 0.1) is 0 Å². The van der Waals surface area contributed by atoms with Crippen LogP contribution in [-0.4, -0.2) is 120 Å². The molecule has 0 bridgehead atoms. The molecule has 22 heteroatoms. The number of halogens is 12. The normalized spacial score (nSPS) is 12.5. The largest absolute Gasteiger partial charge is 0.480 e. The van der Waals surface area contributed by atoms with E-state index in [9.17, 15) is 76.7 Å². The van der Waals surface area contributed by atoms with E-state index < -0.39 is 126 Å². The van der Waals surface area contributed by atoms with Crippen LogP contribution >= 0.6 is 0 Å². The van der Waals surface area contributed by atoms with Gasteiger partial charge in [-0.15, -0.1) is 0 Å². The number of nitrogens with one attached hydrogen (secondary N) is 1. The van der Waals surface area contributed by atoms with Crippen LogP contribution in [0.4, 0.5) is 52.7 Å². The van der Waals surface area contributed by atoms with Gasteiger partial charge in [0.1, 0.15) is 6.54 Å². The van der Waals surface area contributed by atoms with Gasteiger partial charge in [-0.05, 0) is 25.7 Å². The molecule has 0 spiro atoms. The minimum atomic E-state index is -5.51. The third-order valence-electron chi connectivity index (χ3n) is 5.03. The lowest BCUT2D eigenvalue weighted by molar-refractivity contribution is -0.187. The van der Waals surface area contributed by atoms with E-state index in [4.69, 9.17) is 5.11 Å². The molecule has 0 aromatic heterocycles. The van der Waals surface area contributed by atoms with E-state index in [1.165, 1.54) is 5.32 Å². The van der Waals surface area contributed by atoms with Crippen LogP contribution in [0.25, 0.3) is 0 Å². The van der Waals surface area contributed by atoms with Gasteiger partial charge >= 0.3 is 54.3 Å². The summed E-state index contributed by atoms with van der Waals surface area (Å²) in [6.45, 7) is -6.71. The Morgan fingerprint density at radius 1 is 0.500 bits per heavy atom. The van der Waals surface area contributed by atoms with Crippen molar-refractivity contribution >= 4 is 29.6 Å². The maximum Gasteiger partial charge on any atom is 0.471 e. The van der Waals surface area contributed by atoms with Crippen LogP contribution < -0.4 is 5.32 Å². The maximum absolute atomic E-state index is 13.0. The number of unbranched alkanes of at least 4 members (excludes halogenated alkanes) is 1. The van der Waals surface area contributed by atoms with Crippen LogP contribution in [0.1, 0.15) is 25.7 Å². The number of carboxylic acid groups (broad SMARTS) is 1. The predicted molar refractivity (Wildman–Crippen MR) is 113 cm³/mol. The first-order chi connectivity index (χ1) is 18.9. The van der Waals surface area contributed by atoms with Gasteiger partial charge in [0.25, 0.3) is 0 Å². The van der Waals surface area contributed by atoms with E-state index in [-0.39, 0.29) is 14.7 Å². The van der Waals surface area contributed by atoms with E-state index in [2.05, 4.69) is 0 Å². The summed E-state index contributed by atoms with van der Waals surface area (Å²) < 4.78 is 152. The molecule has 4 amide bonds. The molecular formula is C20H24F12N4O6. The third kappa shape index (κ3) is 14.4. The van der Waals surface area contributed by atoms with E-state index >= 15 is 0 Å². The number of nitrogens with zero attached hydrogens (tertiary/aromatic N) is 3. The molecule has 0 aliphatic heterocycles. The lowest BCUT2D eigenvalue weighted by Gasteiger charge is -2.27. The Hall–Kier alpha value is -3.49. The zero-order valence-corrected chi connectivity index (χ0v) is 21.1. The number of aliphatic carboxylic acids is 1. The molecule has 42 heavy (non-hydrogen) atoms. The highest BCUT2D eigenvalue weighted by molar-refractivity contribution is 5.85. The van der Waals surface area contributed by atoms with Crippen LogP contribution in [0.15, 0.2) is 0 Å². The number of amides is 4. The quantitative estimate of drug-likeness (QED) is 0.209. The monoisotopic (exact) mass is 644 g/mol. The van der Waals surface area contributed by atoms with Crippen LogP contribution in [0.2, 0.25) is 0 Å². The summed E-state index contributed by atoms with van der Waals surface area (Å²) in [6, 6.07) is 0. The lowest BCUT2D eigenvalue weighted by atomic mass is 10.2. The number of hydrogen-bond acceptors (Lipinski definition) is 5. The summed E-state index contributed by atoms with van der Waals surface area (Å²) >= 11 is 0. The Kier molecular flexibility index (Phi) is 14.4. The fourth-order valence-corrected chi connectivity index (χ4v) is 3.21. The highest BCUT2D eigenvalue weighted by Gasteiger charge is 2.45. The summed E-state index contributed by atoms with van der Waals surface area (Å²) in [7, 11) is 0. The predicted octanol–water partition coefficient (Wildman–Crippen LogP) is 2.48. The topological polar surface area (TPSA) is 127 Å². The van der Waals surface area contributed by atoms with Gasteiger partial charge in [0.2, 0.25) is 0 Å². The molecule has 0 aromatic rings. The Morgan fingerprint density at radius 2 is 0.833 bits per heavy atom. The van der Waals surface area contributed by atoms with Crippen molar-refractivity contribution in [2.24, 2.45) is 0 Å². The number of carbonyl (C=O) groups excluding carboxylic acids is 4. The Bertz CT molecular complexity index is 950. The number of hydrogen-bond donors (Lipinski definition) is 2. The summed E-state index contributed by atoms with van der Waals surface area (Å²) in [5.74, 6) is -11.8. The SMILES string of the molecule is O=C(O)CN(CCCN(CCCCN(CCCNC(=O)C(F)(F)F)C(=O)C(F)(F)F)C(=O)C(F)(F)F)C(=O)C(F)(F)F. The van der Waals surface area contributed by atoms with E-state index in [0.717, 1.165) is 0 Å². The fourth-order valence-electron chi connectivity index (χ4n) is 3.21. The van der Waals surface area contributed by atoms with Gasteiger partial charge in [0.15, 0.2) is 0 Å². The molecule has 0 aliphatic rings. The zero-order valence-electron chi connectivity index (χ0n) is 21.1. The highest BCUT2D eigenvalue weighted by Crippen LogP contribution is 2.22. The van der Waals surface area contributed by atoms with Gasteiger partial charge < -0.3 is 25.1 Å². The molecular weight excluding hydrogens is 620 g/mol. The Morgan fingerprint density at radius 3 is 1.19 bits per heavy atom. The summed E-state index contributed by atoms with van der Waals surface area (Å²) in [5, 5.41) is 10.0. The van der Waals surface area contributed by atoms with Crippen LogP contribution in [0.3, 0.4) is 0 Å². The first-order valence-electron chi connectivity index (χ1n) is 11.5. The molecule has 0 aromatic carbocycles. The average Bonchev–Trinajstić information content (AvgIpc) is 2.81. The molecule has 2 N–H and O–H groups in total. The first kappa shape index (κ1) is 38.5. The smallest absolute Gasteiger partial charge is 0.471 e. The fraction of sp³-hybridized carbons (Fsp3) is 0.750. The summed E-state index contributed by atoms with van der Waals surface area (Å²) in [6.07, 6.45) is -24.1. The molecule has 0 saturated carbocycles. The Balaban J connectivity index is 5.28. The van der Waals surface area contributed by atoms with Gasteiger partial charge in [0, 0.05) is 39.3 Å². The van der Waals surface area contributed by atoms with Crippen molar-refractivity contribution in [1.29, 1.82) is 0 Å². The second kappa shape index (κ2) is 15.7. The maximum atomic E-state index is 13.0. The standard InChI is InChI=1S/C20H24F12N4O6/c21-17(22,23)13(39)33-5-3-8-34(14(40)18(24,25)26)6-1-2-7-35(15(41)19(27,28)29)9-4-10-36(11-12(37)38)16(42)20(30,31)32/h1-11H2,(H,33,39)(H,37,38). The third-order valence-corrected chi connectivity index (χ3v) is 5.03. The summed E-state index contributed by atoms with van der Waals surface area (Å²) in [5.41, 5.74) is 0. The minimum Gasteiger partial charge on any atom is -0.480 e. The lowest BCUT2D eigenvalue weighted by Crippen LogP contribution is -2.46. The Labute approximate surface area is 228 Å². The molecule has 0 aliphatic carbocycles. The van der Waals surface area contributed by atoms with Crippen molar-refractivity contribution in [3.8, 4) is 0 Å². The molecule has 10 nitrogen and oxygen atoms in total. The van der Waals surface area contributed by atoms with Crippen molar-refractivity contribution in [2.45, 2.75) is 50.4 Å². The highest BCUT2D eigenvalue weighted by atomic mass is 19.4. The van der Waals surface area contributed by atoms with Crippen molar-refractivity contribution in [3.63, 3.8) is 0 Å². The van der Waals surface area contributed by atoms with E-state index in [0.29, 0.717) is 0 Å². The van der Waals surface area contributed by atoms with Crippen molar-refractivity contribution < 1.29 is 81.8 Å². The number of carboxylic acids is 1. The molecule has 0 saturated heterocycles. The molecule has 0 radical (unpaired) electrons. The van der Waals surface area contributed by atoms with Gasteiger partial charge in [-0.3, -0.25) is 24.0 Å². The van der Waals surface area contributed by atoms with Gasteiger partial charge in [-0.25, -0.2) is 0 Å². The second-order valence-corrected chi connectivity index (χ2v) is 8.37.